The van der Waals surface area contributed by atoms with Crippen molar-refractivity contribution in [2.24, 2.45) is 5.92 Å². The van der Waals surface area contributed by atoms with Crippen LogP contribution in [0.4, 0.5) is 0 Å². The zero-order valence-corrected chi connectivity index (χ0v) is 12.7. The molecule has 0 aliphatic carbocycles. The average molecular weight is 279 g/mol. The second kappa shape index (κ2) is 6.83. The number of aryl methyl sites for hydroxylation is 1. The Morgan fingerprint density at radius 2 is 2.35 bits per heavy atom. The highest BCUT2D eigenvalue weighted by Crippen LogP contribution is 2.21. The summed E-state index contributed by atoms with van der Waals surface area (Å²) < 4.78 is 1.99. The number of aromatic nitrogens is 3. The Kier molecular flexibility index (Phi) is 5.11. The maximum Gasteiger partial charge on any atom is 0.239 e. The van der Waals surface area contributed by atoms with Crippen LogP contribution < -0.4 is 5.32 Å². The molecule has 0 spiro atoms. The average Bonchev–Trinajstić information content (AvgIpc) is 2.86. The Hall–Kier alpha value is -1.43. The third kappa shape index (κ3) is 3.56. The summed E-state index contributed by atoms with van der Waals surface area (Å²) in [4.78, 5) is 18.1. The molecule has 1 aromatic rings. The summed E-state index contributed by atoms with van der Waals surface area (Å²) in [6.07, 6.45) is 5.59. The van der Waals surface area contributed by atoms with Crippen LogP contribution >= 0.6 is 0 Å². The van der Waals surface area contributed by atoms with Crippen molar-refractivity contribution in [3.63, 3.8) is 0 Å². The van der Waals surface area contributed by atoms with Crippen molar-refractivity contribution in [1.82, 2.24) is 25.0 Å². The summed E-state index contributed by atoms with van der Waals surface area (Å²) in [5.74, 6) is 1.73. The molecular weight excluding hydrogens is 254 g/mol. The molecule has 1 saturated heterocycles. The molecule has 1 aliphatic rings. The van der Waals surface area contributed by atoms with E-state index < -0.39 is 0 Å². The van der Waals surface area contributed by atoms with Gasteiger partial charge in [0.1, 0.15) is 12.2 Å². The second-order valence-corrected chi connectivity index (χ2v) is 5.73. The number of hydrogen-bond donors (Lipinski definition) is 1. The Morgan fingerprint density at radius 1 is 1.55 bits per heavy atom. The smallest absolute Gasteiger partial charge is 0.239 e. The van der Waals surface area contributed by atoms with Gasteiger partial charge in [-0.25, -0.2) is 4.98 Å². The van der Waals surface area contributed by atoms with E-state index in [2.05, 4.69) is 22.3 Å². The maximum atomic E-state index is 12.0. The van der Waals surface area contributed by atoms with E-state index in [0.29, 0.717) is 5.92 Å². The van der Waals surface area contributed by atoms with Gasteiger partial charge in [-0.15, -0.1) is 0 Å². The molecule has 6 nitrogen and oxygen atoms in total. The van der Waals surface area contributed by atoms with Crippen LogP contribution in [0.25, 0.3) is 0 Å². The predicted molar refractivity (Wildman–Crippen MR) is 77.2 cm³/mol. The minimum absolute atomic E-state index is 0.0497. The molecule has 1 amide bonds. The highest BCUT2D eigenvalue weighted by atomic mass is 16.2. The van der Waals surface area contributed by atoms with Gasteiger partial charge in [-0.3, -0.25) is 9.48 Å². The maximum absolute atomic E-state index is 12.0. The zero-order chi connectivity index (χ0) is 14.5. The van der Waals surface area contributed by atoms with Crippen molar-refractivity contribution in [2.45, 2.75) is 45.2 Å². The van der Waals surface area contributed by atoms with E-state index in [9.17, 15) is 4.79 Å². The highest BCUT2D eigenvalue weighted by molar-refractivity contribution is 5.81. The number of piperidine rings is 1. The Labute approximate surface area is 120 Å². The fraction of sp³-hybridized carbons (Fsp3) is 0.786. The van der Waals surface area contributed by atoms with E-state index in [1.807, 2.05) is 18.8 Å². The SMILES string of the molecule is CCCn1ncnc1CC1CCNC(C(=O)N(C)C)C1. The van der Waals surface area contributed by atoms with Gasteiger partial charge in [0.2, 0.25) is 5.91 Å². The van der Waals surface area contributed by atoms with Crippen LogP contribution in [0.5, 0.6) is 0 Å². The second-order valence-electron chi connectivity index (χ2n) is 5.73. The van der Waals surface area contributed by atoms with E-state index in [1.165, 1.54) is 0 Å². The largest absolute Gasteiger partial charge is 0.347 e. The first-order valence-electron chi connectivity index (χ1n) is 7.43. The topological polar surface area (TPSA) is 63.1 Å². The molecular formula is C14H25N5O. The number of carbonyl (C=O) groups is 1. The van der Waals surface area contributed by atoms with Crippen LogP contribution in [0.2, 0.25) is 0 Å². The molecule has 2 heterocycles. The predicted octanol–water partition coefficient (Wildman–Crippen LogP) is 0.687. The van der Waals surface area contributed by atoms with Crippen molar-refractivity contribution in [3.8, 4) is 0 Å². The van der Waals surface area contributed by atoms with Gasteiger partial charge in [0.05, 0.1) is 6.04 Å². The normalized spacial score (nSPS) is 22.8. The van der Waals surface area contributed by atoms with Crippen molar-refractivity contribution < 1.29 is 4.79 Å². The molecule has 1 N–H and O–H groups in total. The molecule has 0 bridgehead atoms. The minimum atomic E-state index is -0.0497. The van der Waals surface area contributed by atoms with Crippen molar-refractivity contribution in [2.75, 3.05) is 20.6 Å². The first kappa shape index (κ1) is 15.0. The third-order valence-corrected chi connectivity index (χ3v) is 3.85. The van der Waals surface area contributed by atoms with Gasteiger partial charge in [-0.2, -0.15) is 5.10 Å². The lowest BCUT2D eigenvalue weighted by atomic mass is 9.89. The molecule has 0 radical (unpaired) electrons. The fourth-order valence-electron chi connectivity index (χ4n) is 2.78. The number of amides is 1. The molecule has 1 aliphatic heterocycles. The summed E-state index contributed by atoms with van der Waals surface area (Å²) in [6.45, 7) is 3.96. The number of hydrogen-bond acceptors (Lipinski definition) is 4. The van der Waals surface area contributed by atoms with E-state index in [0.717, 1.165) is 44.6 Å². The summed E-state index contributed by atoms with van der Waals surface area (Å²) in [5.41, 5.74) is 0. The van der Waals surface area contributed by atoms with Gasteiger partial charge in [0.25, 0.3) is 0 Å². The molecule has 1 fully saturated rings. The van der Waals surface area contributed by atoms with Crippen LogP contribution in [0, 0.1) is 5.92 Å². The van der Waals surface area contributed by atoms with Gasteiger partial charge < -0.3 is 10.2 Å². The van der Waals surface area contributed by atoms with Crippen LogP contribution in [0.3, 0.4) is 0 Å². The number of nitrogens with zero attached hydrogens (tertiary/aromatic N) is 4. The van der Waals surface area contributed by atoms with Gasteiger partial charge in [0, 0.05) is 27.1 Å². The first-order chi connectivity index (χ1) is 9.61. The van der Waals surface area contributed by atoms with Crippen LogP contribution in [0.1, 0.15) is 32.0 Å². The van der Waals surface area contributed by atoms with Gasteiger partial charge in [-0.05, 0) is 31.7 Å². The zero-order valence-electron chi connectivity index (χ0n) is 12.7. The van der Waals surface area contributed by atoms with Crippen molar-refractivity contribution in [3.05, 3.63) is 12.2 Å². The lowest BCUT2D eigenvalue weighted by Gasteiger charge is -2.31. The molecule has 2 unspecified atom stereocenters. The summed E-state index contributed by atoms with van der Waals surface area (Å²) >= 11 is 0. The number of likely N-dealkylation sites (N-methyl/N-ethyl adjacent to an activating group) is 1. The fourth-order valence-corrected chi connectivity index (χ4v) is 2.78. The Bertz CT molecular complexity index is 443. The molecule has 2 atom stereocenters. The Morgan fingerprint density at radius 3 is 3.05 bits per heavy atom. The molecule has 0 aromatic carbocycles. The Balaban J connectivity index is 1.95. The van der Waals surface area contributed by atoms with Gasteiger partial charge in [-0.1, -0.05) is 6.92 Å². The summed E-state index contributed by atoms with van der Waals surface area (Å²) in [5, 5.41) is 7.58. The van der Waals surface area contributed by atoms with E-state index in [1.54, 1.807) is 11.2 Å². The standard InChI is InChI=1S/C14H25N5O/c1-4-7-19-13(16-10-17-19)9-11-5-6-15-12(8-11)14(20)18(2)3/h10-12,15H,4-9H2,1-3H3. The molecule has 0 saturated carbocycles. The van der Waals surface area contributed by atoms with Crippen molar-refractivity contribution in [1.29, 1.82) is 0 Å². The monoisotopic (exact) mass is 279 g/mol. The van der Waals surface area contributed by atoms with Crippen molar-refractivity contribution >= 4 is 5.91 Å². The van der Waals surface area contributed by atoms with Crippen LogP contribution in [-0.4, -0.2) is 52.3 Å². The lowest BCUT2D eigenvalue weighted by molar-refractivity contribution is -0.131. The molecule has 1 aromatic heterocycles. The summed E-state index contributed by atoms with van der Waals surface area (Å²) in [7, 11) is 3.62. The first-order valence-corrected chi connectivity index (χ1v) is 7.43. The van der Waals surface area contributed by atoms with E-state index in [4.69, 9.17) is 0 Å². The number of carbonyl (C=O) groups excluding carboxylic acids is 1. The van der Waals surface area contributed by atoms with Crippen LogP contribution in [-0.2, 0) is 17.8 Å². The van der Waals surface area contributed by atoms with Gasteiger partial charge >= 0.3 is 0 Å². The minimum Gasteiger partial charge on any atom is -0.347 e. The van der Waals surface area contributed by atoms with E-state index in [-0.39, 0.29) is 11.9 Å². The highest BCUT2D eigenvalue weighted by Gasteiger charge is 2.28. The molecule has 112 valence electrons. The lowest BCUT2D eigenvalue weighted by Crippen LogP contribution is -2.48. The summed E-state index contributed by atoms with van der Waals surface area (Å²) in [6, 6.07) is -0.0497. The third-order valence-electron chi connectivity index (χ3n) is 3.85. The number of rotatable bonds is 5. The molecule has 6 heteroatoms. The van der Waals surface area contributed by atoms with Crippen LogP contribution in [0.15, 0.2) is 6.33 Å². The van der Waals surface area contributed by atoms with Gasteiger partial charge in [0.15, 0.2) is 0 Å². The number of nitrogens with one attached hydrogen (secondary N) is 1. The van der Waals surface area contributed by atoms with E-state index >= 15 is 0 Å². The molecule has 2 rings (SSSR count). The molecule has 20 heavy (non-hydrogen) atoms. The quantitative estimate of drug-likeness (QED) is 0.861.